The summed E-state index contributed by atoms with van der Waals surface area (Å²) in [6.07, 6.45) is 20.9. The van der Waals surface area contributed by atoms with Crippen LogP contribution in [0.4, 0.5) is 0 Å². The molecule has 0 bridgehead atoms. The van der Waals surface area contributed by atoms with Crippen LogP contribution in [0.5, 0.6) is 0 Å². The Morgan fingerprint density at radius 3 is 2.46 bits per heavy atom. The standard InChI is InChI=1S/C23H36O3S2/c1-5-6-7-8-9-11-14-18-17-20(28-4)23(25)22(18)19(27-3)15-12-10-13-16-21(24)26-2/h11,14,17-18H,5-10,12-13,15-16H2,1-4H3/b14-11+,22-19+. The van der Waals surface area contributed by atoms with Gasteiger partial charge in [0.15, 0.2) is 5.78 Å². The fourth-order valence-electron chi connectivity index (χ4n) is 3.34. The zero-order valence-electron chi connectivity index (χ0n) is 17.9. The number of hydrogen-bond donors (Lipinski definition) is 0. The summed E-state index contributed by atoms with van der Waals surface area (Å²) in [5, 5.41) is 0. The molecule has 158 valence electrons. The largest absolute Gasteiger partial charge is 0.469 e. The van der Waals surface area contributed by atoms with Crippen LogP contribution in [0.25, 0.3) is 0 Å². The van der Waals surface area contributed by atoms with Crippen molar-refractivity contribution in [2.24, 2.45) is 5.92 Å². The SMILES string of the molecule is CCCCCC/C=C/C1C=C(SC)C(=O)/C1=C(\CCCCCC(=O)OC)SC. The normalized spacial score (nSPS) is 18.6. The van der Waals surface area contributed by atoms with Crippen LogP contribution >= 0.6 is 23.5 Å². The summed E-state index contributed by atoms with van der Waals surface area (Å²) in [6.45, 7) is 2.23. The molecule has 0 aliphatic heterocycles. The lowest BCUT2D eigenvalue weighted by molar-refractivity contribution is -0.140. The second kappa shape index (κ2) is 15.0. The molecule has 0 N–H and O–H groups in total. The molecule has 5 heteroatoms. The first-order valence-corrected chi connectivity index (χ1v) is 12.8. The maximum atomic E-state index is 12.9. The monoisotopic (exact) mass is 424 g/mol. The first kappa shape index (κ1) is 25.1. The predicted octanol–water partition coefficient (Wildman–Crippen LogP) is 6.70. The second-order valence-corrected chi connectivity index (χ2v) is 8.79. The topological polar surface area (TPSA) is 43.4 Å². The zero-order chi connectivity index (χ0) is 20.8. The van der Waals surface area contributed by atoms with Crippen molar-refractivity contribution < 1.29 is 14.3 Å². The highest BCUT2D eigenvalue weighted by Gasteiger charge is 2.30. The van der Waals surface area contributed by atoms with Crippen LogP contribution in [0.15, 0.2) is 33.6 Å². The highest BCUT2D eigenvalue weighted by molar-refractivity contribution is 8.03. The number of rotatable bonds is 14. The van der Waals surface area contributed by atoms with E-state index >= 15 is 0 Å². The summed E-state index contributed by atoms with van der Waals surface area (Å²) < 4.78 is 4.69. The van der Waals surface area contributed by atoms with Gasteiger partial charge in [-0.15, -0.1) is 23.5 Å². The summed E-state index contributed by atoms with van der Waals surface area (Å²) in [7, 11) is 1.43. The number of carbonyl (C=O) groups excluding carboxylic acids is 2. The minimum atomic E-state index is -0.146. The molecule has 0 amide bonds. The van der Waals surface area contributed by atoms with Gasteiger partial charge < -0.3 is 4.74 Å². The Hall–Kier alpha value is -0.940. The van der Waals surface area contributed by atoms with Crippen molar-refractivity contribution in [3.8, 4) is 0 Å². The first-order chi connectivity index (χ1) is 13.6. The smallest absolute Gasteiger partial charge is 0.305 e. The van der Waals surface area contributed by atoms with Crippen LogP contribution in [0.3, 0.4) is 0 Å². The molecular formula is C23H36O3S2. The number of Topliss-reactive ketones (excluding diaryl/α,β-unsaturated/α-hetero) is 1. The molecule has 0 aromatic heterocycles. The van der Waals surface area contributed by atoms with Crippen LogP contribution in [0.2, 0.25) is 0 Å². The molecule has 0 aromatic rings. The van der Waals surface area contributed by atoms with Crippen molar-refractivity contribution in [2.75, 3.05) is 19.6 Å². The van der Waals surface area contributed by atoms with Crippen molar-refractivity contribution in [1.29, 1.82) is 0 Å². The van der Waals surface area contributed by atoms with Gasteiger partial charge in [-0.3, -0.25) is 9.59 Å². The summed E-state index contributed by atoms with van der Waals surface area (Å²) in [5.41, 5.74) is 0.967. The number of ether oxygens (including phenoxy) is 1. The number of methoxy groups -OCH3 is 1. The number of hydrogen-bond acceptors (Lipinski definition) is 5. The molecule has 0 saturated carbocycles. The van der Waals surface area contributed by atoms with E-state index in [0.29, 0.717) is 6.42 Å². The number of unbranched alkanes of at least 4 members (excludes halogenated alkanes) is 6. The average molecular weight is 425 g/mol. The fourth-order valence-corrected chi connectivity index (χ4v) is 4.72. The van der Waals surface area contributed by atoms with E-state index in [4.69, 9.17) is 0 Å². The van der Waals surface area contributed by atoms with Gasteiger partial charge in [0.1, 0.15) is 0 Å². The predicted molar refractivity (Wildman–Crippen MR) is 124 cm³/mol. The molecule has 1 rings (SSSR count). The van der Waals surface area contributed by atoms with Crippen LogP contribution in [-0.2, 0) is 14.3 Å². The van der Waals surface area contributed by atoms with Gasteiger partial charge in [-0.25, -0.2) is 0 Å². The van der Waals surface area contributed by atoms with E-state index < -0.39 is 0 Å². The van der Waals surface area contributed by atoms with E-state index in [9.17, 15) is 9.59 Å². The maximum Gasteiger partial charge on any atom is 0.305 e. The summed E-state index contributed by atoms with van der Waals surface area (Å²) in [5.74, 6) is 0.165. The van der Waals surface area contributed by atoms with Crippen LogP contribution in [0, 0.1) is 5.92 Å². The Bertz CT molecular complexity index is 591. The van der Waals surface area contributed by atoms with Gasteiger partial charge in [-0.05, 0) is 49.5 Å². The lowest BCUT2D eigenvalue weighted by Crippen LogP contribution is -2.06. The van der Waals surface area contributed by atoms with E-state index in [1.807, 2.05) is 6.26 Å². The number of carbonyl (C=O) groups is 2. The lowest BCUT2D eigenvalue weighted by Gasteiger charge is -2.13. The zero-order valence-corrected chi connectivity index (χ0v) is 19.6. The molecular weight excluding hydrogens is 388 g/mol. The molecule has 28 heavy (non-hydrogen) atoms. The van der Waals surface area contributed by atoms with Crippen LogP contribution in [-0.4, -0.2) is 31.4 Å². The highest BCUT2D eigenvalue weighted by atomic mass is 32.2. The lowest BCUT2D eigenvalue weighted by atomic mass is 9.98. The van der Waals surface area contributed by atoms with Gasteiger partial charge in [0, 0.05) is 17.9 Å². The van der Waals surface area contributed by atoms with E-state index in [1.165, 1.54) is 37.7 Å². The highest BCUT2D eigenvalue weighted by Crippen LogP contribution is 2.39. The second-order valence-electron chi connectivity index (χ2n) is 7.05. The van der Waals surface area contributed by atoms with Crippen LogP contribution < -0.4 is 0 Å². The molecule has 1 aliphatic rings. The molecule has 0 heterocycles. The van der Waals surface area contributed by atoms with E-state index in [1.54, 1.807) is 23.5 Å². The Morgan fingerprint density at radius 1 is 1.11 bits per heavy atom. The molecule has 1 aliphatic carbocycles. The third-order valence-corrected chi connectivity index (χ3v) is 6.66. The van der Waals surface area contributed by atoms with E-state index in [2.05, 4.69) is 36.1 Å². The minimum Gasteiger partial charge on any atom is -0.469 e. The van der Waals surface area contributed by atoms with Gasteiger partial charge in [0.05, 0.1) is 12.0 Å². The maximum absolute atomic E-state index is 12.9. The van der Waals surface area contributed by atoms with Crippen molar-refractivity contribution in [3.05, 3.63) is 33.6 Å². The van der Waals surface area contributed by atoms with Gasteiger partial charge in [-0.1, -0.05) is 50.8 Å². The van der Waals surface area contributed by atoms with Gasteiger partial charge in [-0.2, -0.15) is 0 Å². The van der Waals surface area contributed by atoms with Gasteiger partial charge in [0.25, 0.3) is 0 Å². The summed E-state index contributed by atoms with van der Waals surface area (Å²) in [4.78, 5) is 26.2. The molecule has 0 fully saturated rings. The van der Waals surface area contributed by atoms with Crippen LogP contribution in [0.1, 0.15) is 71.1 Å². The molecule has 3 nitrogen and oxygen atoms in total. The number of thioether (sulfide) groups is 2. The first-order valence-electron chi connectivity index (χ1n) is 10.4. The fraction of sp³-hybridized carbons (Fsp3) is 0.652. The number of allylic oxidation sites excluding steroid dienone is 6. The molecule has 1 unspecified atom stereocenters. The van der Waals surface area contributed by atoms with Gasteiger partial charge >= 0.3 is 5.97 Å². The average Bonchev–Trinajstić information content (AvgIpc) is 3.02. The summed E-state index contributed by atoms with van der Waals surface area (Å²) >= 11 is 3.24. The quantitative estimate of drug-likeness (QED) is 0.134. The van der Waals surface area contributed by atoms with E-state index in [-0.39, 0.29) is 17.7 Å². The molecule has 0 radical (unpaired) electrons. The third kappa shape index (κ3) is 8.60. The number of ketones is 1. The molecule has 0 aromatic carbocycles. The molecule has 1 atom stereocenters. The summed E-state index contributed by atoms with van der Waals surface area (Å²) in [6, 6.07) is 0. The van der Waals surface area contributed by atoms with Crippen molar-refractivity contribution in [1.82, 2.24) is 0 Å². The van der Waals surface area contributed by atoms with E-state index in [0.717, 1.165) is 42.6 Å². The van der Waals surface area contributed by atoms with Crippen molar-refractivity contribution >= 4 is 35.3 Å². The Kier molecular flexibility index (Phi) is 13.4. The molecule has 0 spiro atoms. The van der Waals surface area contributed by atoms with Crippen molar-refractivity contribution in [2.45, 2.75) is 71.1 Å². The Balaban J connectivity index is 2.71. The minimum absolute atomic E-state index is 0.110. The third-order valence-electron chi connectivity index (χ3n) is 4.98. The van der Waals surface area contributed by atoms with Gasteiger partial charge in [0.2, 0.25) is 0 Å². The number of esters is 1. The Labute approximate surface area is 179 Å². The molecule has 0 saturated heterocycles. The van der Waals surface area contributed by atoms with Crippen molar-refractivity contribution in [3.63, 3.8) is 0 Å². The Morgan fingerprint density at radius 2 is 1.82 bits per heavy atom.